The first-order valence-corrected chi connectivity index (χ1v) is 9.26. The number of carbonyl (C=O) groups excluding carboxylic acids is 1. The number of carbonyl (C=O) groups is 1. The molecule has 0 saturated carbocycles. The second-order valence-electron chi connectivity index (χ2n) is 5.84. The van der Waals surface area contributed by atoms with Crippen LogP contribution in [0.1, 0.15) is 40.8 Å². The topological polar surface area (TPSA) is 70.7 Å². The molecule has 3 rings (SSSR count). The van der Waals surface area contributed by atoms with Crippen molar-refractivity contribution in [3.05, 3.63) is 50.8 Å². The molecule has 3 aromatic rings. The molecule has 0 aliphatic rings. The third kappa shape index (κ3) is 3.64. The van der Waals surface area contributed by atoms with Crippen molar-refractivity contribution in [2.24, 2.45) is 0 Å². The van der Waals surface area contributed by atoms with Gasteiger partial charge in [-0.3, -0.25) is 15.2 Å². The van der Waals surface area contributed by atoms with Crippen LogP contribution in [0.4, 0.5) is 9.52 Å². The van der Waals surface area contributed by atoms with Crippen molar-refractivity contribution < 1.29 is 9.18 Å². The number of H-pyrrole nitrogens is 1. The molecule has 0 aliphatic heterocycles. The van der Waals surface area contributed by atoms with Crippen molar-refractivity contribution in [2.75, 3.05) is 5.32 Å². The molecule has 0 aliphatic carbocycles. The van der Waals surface area contributed by atoms with Crippen LogP contribution in [0.25, 0.3) is 11.3 Å². The van der Waals surface area contributed by atoms with Crippen molar-refractivity contribution in [3.63, 3.8) is 0 Å². The Hall–Kier alpha value is -2.06. The maximum atomic E-state index is 13.1. The van der Waals surface area contributed by atoms with E-state index < -0.39 is 0 Å². The maximum Gasteiger partial charge on any atom is 0.279 e. The second kappa shape index (κ2) is 7.05. The van der Waals surface area contributed by atoms with Crippen molar-refractivity contribution in [1.82, 2.24) is 15.2 Å². The molecular formula is C17H16BrFN4OS. The monoisotopic (exact) mass is 422 g/mol. The standard InChI is InChI=1S/C17H16BrFN4OS/c1-8(2)13-12(18)15(23-22-13)16(24)21-17-20-14(9(3)25-17)10-4-6-11(19)7-5-10/h4-8H,1-3H3,(H,22,23)(H,20,21,24). The van der Waals surface area contributed by atoms with E-state index in [2.05, 4.69) is 36.4 Å². The minimum Gasteiger partial charge on any atom is -0.296 e. The first-order valence-electron chi connectivity index (χ1n) is 7.65. The lowest BCUT2D eigenvalue weighted by atomic mass is 10.1. The van der Waals surface area contributed by atoms with Gasteiger partial charge in [0.05, 0.1) is 15.9 Å². The van der Waals surface area contributed by atoms with E-state index in [9.17, 15) is 9.18 Å². The number of nitrogens with zero attached hydrogens (tertiary/aromatic N) is 2. The molecule has 1 amide bonds. The molecule has 0 bridgehead atoms. The van der Waals surface area contributed by atoms with Gasteiger partial charge in [-0.2, -0.15) is 5.10 Å². The maximum absolute atomic E-state index is 13.1. The summed E-state index contributed by atoms with van der Waals surface area (Å²) in [5, 5.41) is 10.2. The molecule has 0 saturated heterocycles. The van der Waals surface area contributed by atoms with Gasteiger partial charge in [-0.05, 0) is 53.0 Å². The summed E-state index contributed by atoms with van der Waals surface area (Å²) in [5.74, 6) is -0.417. The number of thiazole rings is 1. The van der Waals surface area contributed by atoms with Gasteiger partial charge in [0.2, 0.25) is 0 Å². The Labute approximate surface area is 156 Å². The van der Waals surface area contributed by atoms with Crippen LogP contribution in [0.5, 0.6) is 0 Å². The molecule has 2 N–H and O–H groups in total. The predicted octanol–water partition coefficient (Wildman–Crippen LogP) is 5.12. The van der Waals surface area contributed by atoms with Crippen LogP contribution in [-0.4, -0.2) is 21.1 Å². The molecule has 1 aromatic carbocycles. The highest BCUT2D eigenvalue weighted by molar-refractivity contribution is 9.10. The zero-order chi connectivity index (χ0) is 18.1. The quantitative estimate of drug-likeness (QED) is 0.612. The normalized spacial score (nSPS) is 11.1. The highest BCUT2D eigenvalue weighted by Gasteiger charge is 2.21. The lowest BCUT2D eigenvalue weighted by Gasteiger charge is -2.02. The zero-order valence-corrected chi connectivity index (χ0v) is 16.3. The number of halogens is 2. The van der Waals surface area contributed by atoms with Crippen molar-refractivity contribution in [1.29, 1.82) is 0 Å². The first kappa shape index (κ1) is 17.8. The third-order valence-electron chi connectivity index (χ3n) is 3.66. The lowest BCUT2D eigenvalue weighted by molar-refractivity contribution is 0.102. The number of hydrogen-bond donors (Lipinski definition) is 2. The van der Waals surface area contributed by atoms with E-state index in [0.29, 0.717) is 15.3 Å². The van der Waals surface area contributed by atoms with Gasteiger partial charge in [0.25, 0.3) is 5.91 Å². The molecule has 0 radical (unpaired) electrons. The molecule has 0 fully saturated rings. The third-order valence-corrected chi connectivity index (χ3v) is 5.35. The number of hydrogen-bond acceptors (Lipinski definition) is 4. The molecule has 2 aromatic heterocycles. The van der Waals surface area contributed by atoms with E-state index in [0.717, 1.165) is 21.8 Å². The number of benzene rings is 1. The van der Waals surface area contributed by atoms with Crippen LogP contribution in [0, 0.1) is 12.7 Å². The SMILES string of the molecule is Cc1sc(NC(=O)c2n[nH]c(C(C)C)c2Br)nc1-c1ccc(F)cc1. The van der Waals surface area contributed by atoms with Crippen molar-refractivity contribution >= 4 is 38.3 Å². The van der Waals surface area contributed by atoms with E-state index in [1.807, 2.05) is 20.8 Å². The Morgan fingerprint density at radius 1 is 1.32 bits per heavy atom. The zero-order valence-electron chi connectivity index (χ0n) is 13.9. The summed E-state index contributed by atoms with van der Waals surface area (Å²) in [6.07, 6.45) is 0. The van der Waals surface area contributed by atoms with Crippen molar-refractivity contribution in [2.45, 2.75) is 26.7 Å². The van der Waals surface area contributed by atoms with Gasteiger partial charge in [0.1, 0.15) is 5.82 Å². The van der Waals surface area contributed by atoms with Crippen molar-refractivity contribution in [3.8, 4) is 11.3 Å². The summed E-state index contributed by atoms with van der Waals surface area (Å²) < 4.78 is 13.7. The average molecular weight is 423 g/mol. The molecular weight excluding hydrogens is 407 g/mol. The fraction of sp³-hybridized carbons (Fsp3) is 0.235. The molecule has 2 heterocycles. The number of amides is 1. The summed E-state index contributed by atoms with van der Waals surface area (Å²) in [4.78, 5) is 17.9. The van der Waals surface area contributed by atoms with E-state index in [1.165, 1.54) is 23.5 Å². The molecule has 8 heteroatoms. The number of anilines is 1. The summed E-state index contributed by atoms with van der Waals surface area (Å²) in [7, 11) is 0. The van der Waals surface area contributed by atoms with Crippen LogP contribution in [-0.2, 0) is 0 Å². The average Bonchev–Trinajstić information content (AvgIpc) is 3.11. The minimum absolute atomic E-state index is 0.218. The van der Waals surface area contributed by atoms with E-state index in [4.69, 9.17) is 0 Å². The lowest BCUT2D eigenvalue weighted by Crippen LogP contribution is -2.12. The fourth-order valence-electron chi connectivity index (χ4n) is 2.36. The van der Waals surface area contributed by atoms with Crippen LogP contribution in [0.3, 0.4) is 0 Å². The molecule has 0 unspecified atom stereocenters. The van der Waals surface area contributed by atoms with Crippen LogP contribution in [0.2, 0.25) is 0 Å². The molecule has 0 spiro atoms. The molecule has 5 nitrogen and oxygen atoms in total. The van der Waals surface area contributed by atoms with Crippen LogP contribution < -0.4 is 5.32 Å². The minimum atomic E-state index is -0.338. The van der Waals surface area contributed by atoms with E-state index in [-0.39, 0.29) is 17.6 Å². The second-order valence-corrected chi connectivity index (χ2v) is 7.84. The number of aromatic nitrogens is 3. The van der Waals surface area contributed by atoms with Gasteiger partial charge in [-0.15, -0.1) is 11.3 Å². The summed E-state index contributed by atoms with van der Waals surface area (Å²) >= 11 is 4.79. The van der Waals surface area contributed by atoms with E-state index >= 15 is 0 Å². The Kier molecular flexibility index (Phi) is 5.01. The number of rotatable bonds is 4. The predicted molar refractivity (Wildman–Crippen MR) is 101 cm³/mol. The molecule has 25 heavy (non-hydrogen) atoms. The summed E-state index contributed by atoms with van der Waals surface area (Å²) in [6, 6.07) is 6.12. The van der Waals surface area contributed by atoms with Gasteiger partial charge in [-0.25, -0.2) is 9.37 Å². The van der Waals surface area contributed by atoms with Gasteiger partial charge in [0, 0.05) is 10.4 Å². The smallest absolute Gasteiger partial charge is 0.279 e. The van der Waals surface area contributed by atoms with Gasteiger partial charge in [-0.1, -0.05) is 13.8 Å². The number of aromatic amines is 1. The molecule has 0 atom stereocenters. The number of aryl methyl sites for hydroxylation is 1. The Bertz CT molecular complexity index is 917. The van der Waals surface area contributed by atoms with Crippen LogP contribution >= 0.6 is 27.3 Å². The number of nitrogens with one attached hydrogen (secondary N) is 2. The Morgan fingerprint density at radius 3 is 2.60 bits per heavy atom. The molecule has 130 valence electrons. The summed E-state index contributed by atoms with van der Waals surface area (Å²) in [5.41, 5.74) is 2.69. The van der Waals surface area contributed by atoms with Gasteiger partial charge >= 0.3 is 0 Å². The highest BCUT2D eigenvalue weighted by atomic mass is 79.9. The van der Waals surface area contributed by atoms with E-state index in [1.54, 1.807) is 12.1 Å². The Balaban J connectivity index is 1.83. The first-order chi connectivity index (χ1) is 11.9. The van der Waals surface area contributed by atoms with Crippen LogP contribution in [0.15, 0.2) is 28.7 Å². The Morgan fingerprint density at radius 2 is 2.00 bits per heavy atom. The fourth-order valence-corrected chi connectivity index (χ4v) is 4.00. The summed E-state index contributed by atoms with van der Waals surface area (Å²) in [6.45, 7) is 5.94. The van der Waals surface area contributed by atoms with Gasteiger partial charge in [0.15, 0.2) is 10.8 Å². The van der Waals surface area contributed by atoms with Gasteiger partial charge < -0.3 is 0 Å². The highest BCUT2D eigenvalue weighted by Crippen LogP contribution is 2.31. The largest absolute Gasteiger partial charge is 0.296 e.